The van der Waals surface area contributed by atoms with Gasteiger partial charge in [-0.1, -0.05) is 53.7 Å². The quantitative estimate of drug-likeness (QED) is 0.588. The van der Waals surface area contributed by atoms with E-state index in [1.54, 1.807) is 0 Å². The maximum atomic E-state index is 11.9. The molecule has 26 heavy (non-hydrogen) atoms. The highest BCUT2D eigenvalue weighted by atomic mass is 35.5. The van der Waals surface area contributed by atoms with Gasteiger partial charge in [-0.15, -0.1) is 10.2 Å². The number of halogens is 1. The molecule has 2 aromatic carbocycles. The lowest BCUT2D eigenvalue weighted by Crippen LogP contribution is -2.14. The van der Waals surface area contributed by atoms with E-state index in [4.69, 9.17) is 11.6 Å². The first-order valence-corrected chi connectivity index (χ1v) is 9.35. The predicted octanol–water partition coefficient (Wildman–Crippen LogP) is 4.47. The van der Waals surface area contributed by atoms with Gasteiger partial charge in [0.1, 0.15) is 10.8 Å². The Hall–Kier alpha value is -2.57. The fourth-order valence-electron chi connectivity index (χ4n) is 2.14. The van der Waals surface area contributed by atoms with E-state index in [-0.39, 0.29) is 11.7 Å². The Bertz CT molecular complexity index is 842. The molecule has 3 rings (SSSR count). The fourth-order valence-corrected chi connectivity index (χ4v) is 2.88. The summed E-state index contributed by atoms with van der Waals surface area (Å²) in [4.78, 5) is 11.9. The predicted molar refractivity (Wildman–Crippen MR) is 107 cm³/mol. The van der Waals surface area contributed by atoms with E-state index >= 15 is 0 Å². The second-order valence-electron chi connectivity index (χ2n) is 5.44. The van der Waals surface area contributed by atoms with Crippen LogP contribution in [0.2, 0.25) is 5.02 Å². The van der Waals surface area contributed by atoms with Crippen LogP contribution >= 0.6 is 23.4 Å². The van der Waals surface area contributed by atoms with Crippen LogP contribution in [-0.2, 0) is 11.3 Å². The first-order valence-electron chi connectivity index (χ1n) is 7.99. The molecule has 3 aromatic rings. The molecule has 132 valence electrons. The molecular weight excluding hydrogens is 368 g/mol. The van der Waals surface area contributed by atoms with Crippen LogP contribution in [0.4, 0.5) is 11.5 Å². The normalized spacial score (nSPS) is 10.3. The standard InChI is InChI=1S/C19H17ClN4OS/c20-15-8-6-14(7-9-15)12-21-17-10-11-19(24-23-17)26-13-18(25)22-16-4-2-1-3-5-16/h1-11H,12-13H2,(H,21,23)(H,22,25). The van der Waals surface area contributed by atoms with E-state index in [1.807, 2.05) is 66.7 Å². The number of nitrogens with one attached hydrogen (secondary N) is 2. The third-order valence-electron chi connectivity index (χ3n) is 3.44. The Labute approximate surface area is 161 Å². The molecule has 0 bridgehead atoms. The molecule has 1 heterocycles. The van der Waals surface area contributed by atoms with Crippen LogP contribution in [0, 0.1) is 0 Å². The molecule has 2 N–H and O–H groups in total. The third-order valence-corrected chi connectivity index (χ3v) is 4.61. The molecule has 0 fully saturated rings. The number of para-hydroxylation sites is 1. The second-order valence-corrected chi connectivity index (χ2v) is 6.87. The monoisotopic (exact) mass is 384 g/mol. The summed E-state index contributed by atoms with van der Waals surface area (Å²) >= 11 is 7.21. The molecule has 1 amide bonds. The number of anilines is 2. The lowest BCUT2D eigenvalue weighted by Gasteiger charge is -2.06. The van der Waals surface area contributed by atoms with Gasteiger partial charge in [0.15, 0.2) is 0 Å². The number of hydrogen-bond acceptors (Lipinski definition) is 5. The summed E-state index contributed by atoms with van der Waals surface area (Å²) in [5.41, 5.74) is 1.89. The van der Waals surface area contributed by atoms with Crippen molar-refractivity contribution in [2.75, 3.05) is 16.4 Å². The molecule has 0 unspecified atom stereocenters. The Morgan fingerprint density at radius 2 is 1.73 bits per heavy atom. The van der Waals surface area contributed by atoms with Crippen molar-refractivity contribution in [2.24, 2.45) is 0 Å². The number of benzene rings is 2. The number of hydrogen-bond donors (Lipinski definition) is 2. The van der Waals surface area contributed by atoms with Crippen LogP contribution in [0.25, 0.3) is 0 Å². The summed E-state index contributed by atoms with van der Waals surface area (Å²) < 4.78 is 0. The number of carbonyl (C=O) groups is 1. The Morgan fingerprint density at radius 1 is 0.962 bits per heavy atom. The molecule has 0 aliphatic carbocycles. The van der Waals surface area contributed by atoms with E-state index in [9.17, 15) is 4.79 Å². The van der Waals surface area contributed by atoms with Crippen molar-refractivity contribution in [1.82, 2.24) is 10.2 Å². The van der Waals surface area contributed by atoms with E-state index in [2.05, 4.69) is 20.8 Å². The van der Waals surface area contributed by atoms with E-state index < -0.39 is 0 Å². The van der Waals surface area contributed by atoms with E-state index in [0.717, 1.165) is 11.3 Å². The van der Waals surface area contributed by atoms with E-state index in [0.29, 0.717) is 22.4 Å². The van der Waals surface area contributed by atoms with Crippen LogP contribution in [-0.4, -0.2) is 21.9 Å². The van der Waals surface area contributed by atoms with Crippen molar-refractivity contribution in [3.05, 3.63) is 77.3 Å². The maximum Gasteiger partial charge on any atom is 0.234 e. The molecule has 5 nitrogen and oxygen atoms in total. The van der Waals surface area contributed by atoms with Crippen molar-refractivity contribution < 1.29 is 4.79 Å². The van der Waals surface area contributed by atoms with Gasteiger partial charge in [-0.25, -0.2) is 0 Å². The third kappa shape index (κ3) is 5.75. The zero-order valence-electron chi connectivity index (χ0n) is 13.9. The summed E-state index contributed by atoms with van der Waals surface area (Å²) in [6.07, 6.45) is 0. The first kappa shape index (κ1) is 18.2. The molecule has 0 saturated heterocycles. The number of nitrogens with zero attached hydrogens (tertiary/aromatic N) is 2. The number of amides is 1. The van der Waals surface area contributed by atoms with Gasteiger partial charge in [0.25, 0.3) is 0 Å². The first-order chi connectivity index (χ1) is 12.7. The summed E-state index contributed by atoms with van der Waals surface area (Å²) in [6, 6.07) is 20.7. The zero-order valence-corrected chi connectivity index (χ0v) is 15.4. The fraction of sp³-hybridized carbons (Fsp3) is 0.105. The molecule has 7 heteroatoms. The number of carbonyl (C=O) groups excluding carboxylic acids is 1. The van der Waals surface area contributed by atoms with Crippen molar-refractivity contribution in [1.29, 1.82) is 0 Å². The van der Waals surface area contributed by atoms with Crippen LogP contribution in [0.1, 0.15) is 5.56 Å². The van der Waals surface area contributed by atoms with Crippen molar-refractivity contribution in [3.63, 3.8) is 0 Å². The molecule has 0 saturated carbocycles. The van der Waals surface area contributed by atoms with Crippen LogP contribution in [0.3, 0.4) is 0 Å². The van der Waals surface area contributed by atoms with Gasteiger partial charge >= 0.3 is 0 Å². The molecule has 1 aromatic heterocycles. The van der Waals surface area contributed by atoms with Gasteiger partial charge in [-0.3, -0.25) is 4.79 Å². The second kappa shape index (κ2) is 9.22. The Morgan fingerprint density at radius 3 is 2.42 bits per heavy atom. The highest BCUT2D eigenvalue weighted by Crippen LogP contribution is 2.17. The lowest BCUT2D eigenvalue weighted by atomic mass is 10.2. The van der Waals surface area contributed by atoms with Crippen molar-refractivity contribution in [3.8, 4) is 0 Å². The highest BCUT2D eigenvalue weighted by Gasteiger charge is 2.05. The SMILES string of the molecule is O=C(CSc1ccc(NCc2ccc(Cl)cc2)nn1)Nc1ccccc1. The van der Waals surface area contributed by atoms with E-state index in [1.165, 1.54) is 11.8 Å². The average Bonchev–Trinajstić information content (AvgIpc) is 2.67. The molecule has 0 aliphatic rings. The maximum absolute atomic E-state index is 11.9. The molecule has 0 atom stereocenters. The molecule has 0 spiro atoms. The van der Waals surface area contributed by atoms with Gasteiger partial charge in [0, 0.05) is 17.3 Å². The minimum atomic E-state index is -0.0760. The van der Waals surface area contributed by atoms with Crippen molar-refractivity contribution in [2.45, 2.75) is 11.6 Å². The smallest absolute Gasteiger partial charge is 0.234 e. The zero-order chi connectivity index (χ0) is 18.2. The van der Waals surface area contributed by atoms with Gasteiger partial charge in [-0.05, 0) is 42.0 Å². The minimum Gasteiger partial charge on any atom is -0.365 e. The van der Waals surface area contributed by atoms with Crippen LogP contribution in [0.5, 0.6) is 0 Å². The lowest BCUT2D eigenvalue weighted by molar-refractivity contribution is -0.113. The highest BCUT2D eigenvalue weighted by molar-refractivity contribution is 7.99. The Kier molecular flexibility index (Phi) is 6.46. The van der Waals surface area contributed by atoms with Gasteiger partial charge < -0.3 is 10.6 Å². The summed E-state index contributed by atoms with van der Waals surface area (Å²) in [7, 11) is 0. The van der Waals surface area contributed by atoms with Crippen molar-refractivity contribution >= 4 is 40.8 Å². The average molecular weight is 385 g/mol. The molecular formula is C19H17ClN4OS. The summed E-state index contributed by atoms with van der Waals surface area (Å²) in [5.74, 6) is 0.882. The minimum absolute atomic E-state index is 0.0760. The largest absolute Gasteiger partial charge is 0.365 e. The summed E-state index contributed by atoms with van der Waals surface area (Å²) in [5, 5.41) is 15.7. The number of aromatic nitrogens is 2. The number of rotatable bonds is 7. The van der Waals surface area contributed by atoms with Gasteiger partial charge in [0.05, 0.1) is 5.75 Å². The Balaban J connectivity index is 1.45. The van der Waals surface area contributed by atoms with Crippen LogP contribution in [0.15, 0.2) is 71.8 Å². The van der Waals surface area contributed by atoms with Gasteiger partial charge in [-0.2, -0.15) is 0 Å². The summed E-state index contributed by atoms with van der Waals surface area (Å²) in [6.45, 7) is 0.637. The number of thioether (sulfide) groups is 1. The van der Waals surface area contributed by atoms with Gasteiger partial charge in [0.2, 0.25) is 5.91 Å². The molecule has 0 aliphatic heterocycles. The molecule has 0 radical (unpaired) electrons. The van der Waals surface area contributed by atoms with Crippen LogP contribution < -0.4 is 10.6 Å². The topological polar surface area (TPSA) is 66.9 Å².